The average Bonchev–Trinajstić information content (AvgIpc) is 2.37. The molecule has 1 aromatic carbocycles. The number of hydrogen-bond acceptors (Lipinski definition) is 2. The van der Waals surface area contributed by atoms with Gasteiger partial charge in [0, 0.05) is 0 Å². The van der Waals surface area contributed by atoms with Gasteiger partial charge in [-0.05, 0) is 0 Å². The van der Waals surface area contributed by atoms with Gasteiger partial charge in [0.1, 0.15) is 0 Å². The molecule has 22 heavy (non-hydrogen) atoms. The van der Waals surface area contributed by atoms with Crippen LogP contribution in [-0.2, 0) is 0 Å². The summed E-state index contributed by atoms with van der Waals surface area (Å²) >= 11 is 1.60. The maximum absolute atomic E-state index is 3.58. The zero-order valence-electron chi connectivity index (χ0n) is 15.3. The quantitative estimate of drug-likeness (QED) is 0.537. The molecule has 4 heteroatoms. The first-order valence-electron chi connectivity index (χ1n) is 8.29. The van der Waals surface area contributed by atoms with Crippen LogP contribution in [-0.4, -0.2) is 51.0 Å². The molecule has 0 N–H and O–H groups in total. The minimum absolute atomic E-state index is 0.576. The molecule has 2 nitrogen and oxygen atoms in total. The third-order valence-corrected chi connectivity index (χ3v) is 14.1. The van der Waals surface area contributed by atoms with Crippen LogP contribution < -0.4 is 3.51 Å². The monoisotopic (exact) mass is 476 g/mol. The van der Waals surface area contributed by atoms with Gasteiger partial charge >= 0.3 is 155 Å². The third kappa shape index (κ3) is 5.23. The van der Waals surface area contributed by atoms with Crippen LogP contribution in [0.2, 0.25) is 0 Å². The molecule has 0 fully saturated rings. The van der Waals surface area contributed by atoms with Gasteiger partial charge < -0.3 is 0 Å². The average molecular weight is 478 g/mol. The third-order valence-electron chi connectivity index (χ3n) is 3.61. The van der Waals surface area contributed by atoms with Crippen molar-refractivity contribution >= 4 is 40.2 Å². The topological polar surface area (TPSA) is 6.48 Å². The molecular weight excluding hydrogens is 446 g/mol. The molecule has 0 saturated heterocycles. The Morgan fingerprint density at radius 1 is 0.682 bits per heavy atom. The first kappa shape index (κ1) is 20.5. The number of nitrogens with zero attached hydrogens (tertiary/aromatic N) is 2. The predicted molar refractivity (Wildman–Crippen MR) is 104 cm³/mol. The summed E-state index contributed by atoms with van der Waals surface area (Å²) < 4.78 is 8.31. The van der Waals surface area contributed by atoms with E-state index in [1.807, 2.05) is 0 Å². The van der Waals surface area contributed by atoms with Crippen molar-refractivity contribution < 1.29 is 0 Å². The Morgan fingerprint density at radius 2 is 1.00 bits per heavy atom. The van der Waals surface area contributed by atoms with Crippen molar-refractivity contribution in [2.45, 2.75) is 79.6 Å². The Kier molecular flexibility index (Phi) is 8.44. The summed E-state index contributed by atoms with van der Waals surface area (Å²) in [7, 11) is 0. The van der Waals surface area contributed by atoms with E-state index < -0.39 is 20.8 Å². The zero-order chi connectivity index (χ0) is 17.0. The molecule has 0 aliphatic heterocycles. The minimum atomic E-state index is -1.98. The summed E-state index contributed by atoms with van der Waals surface area (Å²) in [5.74, 6) is 0. The Balaban J connectivity index is 3.38. The van der Waals surface area contributed by atoms with Crippen molar-refractivity contribution in [3.05, 3.63) is 28.7 Å². The number of halogens is 1. The Hall–Kier alpha value is 0.438. The van der Waals surface area contributed by atoms with Crippen molar-refractivity contribution in [2.24, 2.45) is 0 Å². The van der Waals surface area contributed by atoms with Crippen LogP contribution in [0.1, 0.15) is 55.4 Å². The molecule has 0 unspecified atom stereocenters. The van der Waals surface area contributed by atoms with E-state index in [1.54, 1.807) is 3.51 Å². The van der Waals surface area contributed by atoms with Gasteiger partial charge in [-0.15, -0.1) is 0 Å². The molecule has 0 radical (unpaired) electrons. The molecule has 0 saturated carbocycles. The fraction of sp³-hybridized carbons (Fsp3) is 0.667. The molecule has 1 aromatic rings. The maximum atomic E-state index is 3.58. The fourth-order valence-corrected chi connectivity index (χ4v) is 11.7. The predicted octanol–water partition coefficient (Wildman–Crippen LogP) is 4.38. The van der Waals surface area contributed by atoms with Gasteiger partial charge in [-0.3, -0.25) is 0 Å². The zero-order valence-corrected chi connectivity index (χ0v) is 19.5. The molecule has 1 rings (SSSR count). The number of hydrogen-bond donors (Lipinski definition) is 0. The van der Waals surface area contributed by atoms with E-state index in [-0.39, 0.29) is 0 Å². The van der Waals surface area contributed by atoms with Crippen molar-refractivity contribution in [3.8, 4) is 0 Å². The Bertz CT molecular complexity index is 407. The summed E-state index contributed by atoms with van der Waals surface area (Å²) in [6.07, 6.45) is 0. The van der Waals surface area contributed by atoms with Gasteiger partial charge in [-0.1, -0.05) is 0 Å². The molecule has 0 heterocycles. The van der Waals surface area contributed by atoms with Crippen LogP contribution in [0.3, 0.4) is 0 Å². The molecule has 0 bridgehead atoms. The summed E-state index contributed by atoms with van der Waals surface area (Å²) in [6, 6.07) is 11.4. The van der Waals surface area contributed by atoms with Gasteiger partial charge in [-0.2, -0.15) is 0 Å². The molecule has 0 aliphatic carbocycles. The molecule has 0 amide bonds. The van der Waals surface area contributed by atoms with Crippen molar-refractivity contribution in [2.75, 3.05) is 0 Å². The van der Waals surface area contributed by atoms with E-state index in [2.05, 4.69) is 102 Å². The summed E-state index contributed by atoms with van der Waals surface area (Å²) in [4.78, 5) is 0. The fourth-order valence-electron chi connectivity index (χ4n) is 3.03. The molecule has 0 spiro atoms. The Labute approximate surface area is 154 Å². The number of rotatable bonds is 7. The van der Waals surface area contributed by atoms with Gasteiger partial charge in [0.15, 0.2) is 0 Å². The second kappa shape index (κ2) is 9.06. The molecule has 0 atom stereocenters. The summed E-state index contributed by atoms with van der Waals surface area (Å²) in [6.45, 7) is 18.7. The normalized spacial score (nSPS) is 12.9. The van der Waals surface area contributed by atoms with E-state index in [0.717, 1.165) is 4.47 Å². The van der Waals surface area contributed by atoms with E-state index in [9.17, 15) is 0 Å². The van der Waals surface area contributed by atoms with Crippen LogP contribution >= 0.6 is 15.9 Å². The molecule has 126 valence electrons. The van der Waals surface area contributed by atoms with Crippen molar-refractivity contribution in [1.29, 1.82) is 0 Å². The molecular formula is C18H32BrN2Sb. The summed E-state index contributed by atoms with van der Waals surface area (Å²) in [5, 5.41) is 0. The SMILES string of the molecule is CC(C)[N](C(C)C)[Sb]([c]1ccc(Br)cc1)[N](C(C)C)C(C)C. The van der Waals surface area contributed by atoms with Crippen LogP contribution in [0, 0.1) is 0 Å². The standard InChI is InChI=1S/C6H4Br.2C6H14N.Sb/c7-6-4-2-1-3-5-6;2*1-5(2)7-6(3)4;/h2-5H;2*5-6H,1-4H3;/q;2*-1;+2. The van der Waals surface area contributed by atoms with Crippen LogP contribution in [0.4, 0.5) is 0 Å². The second-order valence-electron chi connectivity index (χ2n) is 6.90. The first-order valence-corrected chi connectivity index (χ1v) is 12.6. The first-order chi connectivity index (χ1) is 10.2. The second-order valence-corrected chi connectivity index (χ2v) is 13.6. The van der Waals surface area contributed by atoms with E-state index >= 15 is 0 Å². The van der Waals surface area contributed by atoms with Crippen LogP contribution in [0.15, 0.2) is 28.7 Å². The van der Waals surface area contributed by atoms with Gasteiger partial charge in [0.05, 0.1) is 0 Å². The van der Waals surface area contributed by atoms with Gasteiger partial charge in [0.2, 0.25) is 0 Å². The van der Waals surface area contributed by atoms with Crippen LogP contribution in [0.25, 0.3) is 0 Å². The molecule has 0 aromatic heterocycles. The van der Waals surface area contributed by atoms with E-state index in [1.165, 1.54) is 0 Å². The molecule has 0 aliphatic rings. The van der Waals surface area contributed by atoms with E-state index in [0.29, 0.717) is 24.2 Å². The van der Waals surface area contributed by atoms with Crippen molar-refractivity contribution in [1.82, 2.24) is 6.12 Å². The van der Waals surface area contributed by atoms with Crippen LogP contribution in [0.5, 0.6) is 0 Å². The van der Waals surface area contributed by atoms with Crippen molar-refractivity contribution in [3.63, 3.8) is 0 Å². The van der Waals surface area contributed by atoms with Gasteiger partial charge in [0.25, 0.3) is 0 Å². The Morgan fingerprint density at radius 3 is 1.27 bits per heavy atom. The van der Waals surface area contributed by atoms with Gasteiger partial charge in [-0.25, -0.2) is 0 Å². The summed E-state index contributed by atoms with van der Waals surface area (Å²) in [5.41, 5.74) is 0. The van der Waals surface area contributed by atoms with E-state index in [4.69, 9.17) is 0 Å². The number of benzene rings is 1.